The highest BCUT2D eigenvalue weighted by atomic mass is 19.1. The molecule has 0 bridgehead atoms. The van der Waals surface area contributed by atoms with E-state index in [9.17, 15) is 8.78 Å². The second-order valence-corrected chi connectivity index (χ2v) is 4.30. The van der Waals surface area contributed by atoms with Crippen LogP contribution in [0, 0.1) is 23.0 Å². The lowest BCUT2D eigenvalue weighted by Gasteiger charge is -2.14. The van der Waals surface area contributed by atoms with Crippen LogP contribution in [-0.4, -0.2) is 0 Å². The molecule has 0 aliphatic carbocycles. The fourth-order valence-corrected chi connectivity index (χ4v) is 1.82. The zero-order valence-electron chi connectivity index (χ0n) is 10.7. The van der Waals surface area contributed by atoms with E-state index >= 15 is 0 Å². The quantitative estimate of drug-likeness (QED) is 0.929. The first-order valence-corrected chi connectivity index (χ1v) is 5.94. The standard InChI is InChI=1S/C15H12F2N2O/c1-9(19)15-11(16)3-2-4-14(15)20-13-6-5-10(8-18)7-12(13)17/h2-7,9H,19H2,1H3/t9-/m0/s1. The van der Waals surface area contributed by atoms with Gasteiger partial charge in [-0.1, -0.05) is 6.07 Å². The lowest BCUT2D eigenvalue weighted by atomic mass is 10.1. The van der Waals surface area contributed by atoms with Gasteiger partial charge >= 0.3 is 0 Å². The molecule has 1 atom stereocenters. The third-order valence-corrected chi connectivity index (χ3v) is 2.75. The highest BCUT2D eigenvalue weighted by Crippen LogP contribution is 2.32. The second-order valence-electron chi connectivity index (χ2n) is 4.30. The summed E-state index contributed by atoms with van der Waals surface area (Å²) in [6.07, 6.45) is 0. The van der Waals surface area contributed by atoms with Crippen molar-refractivity contribution in [2.75, 3.05) is 0 Å². The van der Waals surface area contributed by atoms with Crippen molar-refractivity contribution in [1.82, 2.24) is 0 Å². The maximum Gasteiger partial charge on any atom is 0.167 e. The van der Waals surface area contributed by atoms with Crippen LogP contribution in [0.5, 0.6) is 11.5 Å². The van der Waals surface area contributed by atoms with Gasteiger partial charge in [0.25, 0.3) is 0 Å². The van der Waals surface area contributed by atoms with E-state index < -0.39 is 17.7 Å². The second kappa shape index (κ2) is 5.68. The van der Waals surface area contributed by atoms with Crippen molar-refractivity contribution >= 4 is 0 Å². The van der Waals surface area contributed by atoms with Crippen LogP contribution in [-0.2, 0) is 0 Å². The average molecular weight is 274 g/mol. The molecule has 20 heavy (non-hydrogen) atoms. The van der Waals surface area contributed by atoms with Gasteiger partial charge in [0.15, 0.2) is 11.6 Å². The molecule has 0 aliphatic heterocycles. The van der Waals surface area contributed by atoms with Gasteiger partial charge in [-0.25, -0.2) is 8.78 Å². The SMILES string of the molecule is C[C@H](N)c1c(F)cccc1Oc1ccc(C#N)cc1F. The molecule has 0 spiro atoms. The minimum absolute atomic E-state index is 0.0866. The van der Waals surface area contributed by atoms with Crippen LogP contribution in [0.2, 0.25) is 0 Å². The number of hydrogen-bond acceptors (Lipinski definition) is 3. The molecule has 5 heteroatoms. The molecule has 2 N–H and O–H groups in total. The maximum atomic E-state index is 13.8. The van der Waals surface area contributed by atoms with Gasteiger partial charge in [-0.3, -0.25) is 0 Å². The van der Waals surface area contributed by atoms with E-state index in [1.165, 1.54) is 30.3 Å². The summed E-state index contributed by atoms with van der Waals surface area (Å²) >= 11 is 0. The van der Waals surface area contributed by atoms with Crippen molar-refractivity contribution in [3.8, 4) is 17.6 Å². The van der Waals surface area contributed by atoms with E-state index in [0.717, 1.165) is 6.07 Å². The van der Waals surface area contributed by atoms with Gasteiger partial charge in [-0.2, -0.15) is 5.26 Å². The molecule has 0 aliphatic rings. The molecule has 0 radical (unpaired) electrons. The maximum absolute atomic E-state index is 13.8. The molecule has 102 valence electrons. The van der Waals surface area contributed by atoms with E-state index in [0.29, 0.717) is 0 Å². The fraction of sp³-hybridized carbons (Fsp3) is 0.133. The van der Waals surface area contributed by atoms with Gasteiger partial charge in [0, 0.05) is 11.6 Å². The first kappa shape index (κ1) is 14.0. The number of ether oxygens (including phenoxy) is 1. The van der Waals surface area contributed by atoms with Gasteiger partial charge in [0.2, 0.25) is 0 Å². The van der Waals surface area contributed by atoms with Crippen LogP contribution < -0.4 is 10.5 Å². The van der Waals surface area contributed by atoms with Crippen LogP contribution in [0.15, 0.2) is 36.4 Å². The predicted molar refractivity (Wildman–Crippen MR) is 70.2 cm³/mol. The molecular weight excluding hydrogens is 262 g/mol. The largest absolute Gasteiger partial charge is 0.454 e. The Hall–Kier alpha value is -2.45. The predicted octanol–water partition coefficient (Wildman–Crippen LogP) is 3.65. The third-order valence-electron chi connectivity index (χ3n) is 2.75. The summed E-state index contributed by atoms with van der Waals surface area (Å²) in [7, 11) is 0. The lowest BCUT2D eigenvalue weighted by Crippen LogP contribution is -2.09. The molecule has 0 heterocycles. The van der Waals surface area contributed by atoms with Crippen molar-refractivity contribution in [2.45, 2.75) is 13.0 Å². The molecule has 2 aromatic carbocycles. The Balaban J connectivity index is 2.41. The minimum atomic E-state index is -0.691. The van der Waals surface area contributed by atoms with Crippen LogP contribution in [0.4, 0.5) is 8.78 Å². The van der Waals surface area contributed by atoms with Crippen molar-refractivity contribution in [2.24, 2.45) is 5.73 Å². The molecule has 0 aromatic heterocycles. The number of rotatable bonds is 3. The zero-order valence-corrected chi connectivity index (χ0v) is 10.7. The highest BCUT2D eigenvalue weighted by molar-refractivity contribution is 5.42. The Morgan fingerprint density at radius 2 is 1.90 bits per heavy atom. The fourth-order valence-electron chi connectivity index (χ4n) is 1.82. The monoisotopic (exact) mass is 274 g/mol. The van der Waals surface area contributed by atoms with E-state index in [1.807, 2.05) is 6.07 Å². The molecule has 0 amide bonds. The van der Waals surface area contributed by atoms with E-state index in [-0.39, 0.29) is 22.6 Å². The third kappa shape index (κ3) is 2.76. The first-order valence-electron chi connectivity index (χ1n) is 5.94. The lowest BCUT2D eigenvalue weighted by molar-refractivity contribution is 0.428. The van der Waals surface area contributed by atoms with Crippen LogP contribution in [0.1, 0.15) is 24.1 Å². The molecule has 0 saturated carbocycles. The number of nitrogens with two attached hydrogens (primary N) is 1. The first-order chi connectivity index (χ1) is 9.52. The Bertz CT molecular complexity index is 678. The molecule has 2 aromatic rings. The molecule has 3 nitrogen and oxygen atoms in total. The van der Waals surface area contributed by atoms with Crippen molar-refractivity contribution in [1.29, 1.82) is 5.26 Å². The van der Waals surface area contributed by atoms with Gasteiger partial charge in [-0.05, 0) is 37.3 Å². The summed E-state index contributed by atoms with van der Waals surface area (Å²) in [5, 5.41) is 8.67. The summed E-state index contributed by atoms with van der Waals surface area (Å²) in [5.41, 5.74) is 6.05. The van der Waals surface area contributed by atoms with Crippen LogP contribution >= 0.6 is 0 Å². The van der Waals surface area contributed by atoms with E-state index in [2.05, 4.69) is 0 Å². The van der Waals surface area contributed by atoms with Crippen molar-refractivity contribution < 1.29 is 13.5 Å². The zero-order chi connectivity index (χ0) is 14.7. The Morgan fingerprint density at radius 1 is 1.15 bits per heavy atom. The summed E-state index contributed by atoms with van der Waals surface area (Å²) in [5.74, 6) is -1.13. The van der Waals surface area contributed by atoms with Gasteiger partial charge in [-0.15, -0.1) is 0 Å². The Labute approximate surface area is 115 Å². The van der Waals surface area contributed by atoms with Crippen LogP contribution in [0.3, 0.4) is 0 Å². The smallest absolute Gasteiger partial charge is 0.167 e. The van der Waals surface area contributed by atoms with Crippen molar-refractivity contribution in [3.05, 3.63) is 59.2 Å². The normalized spacial score (nSPS) is 11.8. The number of nitrogens with zero attached hydrogens (tertiary/aromatic N) is 1. The highest BCUT2D eigenvalue weighted by Gasteiger charge is 2.15. The van der Waals surface area contributed by atoms with Crippen LogP contribution in [0.25, 0.3) is 0 Å². The topological polar surface area (TPSA) is 59.0 Å². The summed E-state index contributed by atoms with van der Waals surface area (Å²) < 4.78 is 32.9. The number of halogens is 2. The Morgan fingerprint density at radius 3 is 2.50 bits per heavy atom. The molecule has 0 saturated heterocycles. The molecule has 0 fully saturated rings. The molecule has 0 unspecified atom stereocenters. The average Bonchev–Trinajstić information content (AvgIpc) is 2.40. The van der Waals surface area contributed by atoms with Crippen molar-refractivity contribution in [3.63, 3.8) is 0 Å². The summed E-state index contributed by atoms with van der Waals surface area (Å²) in [6.45, 7) is 1.61. The van der Waals surface area contributed by atoms with Gasteiger partial charge in [0.05, 0.1) is 11.6 Å². The van der Waals surface area contributed by atoms with Gasteiger partial charge in [0.1, 0.15) is 11.6 Å². The summed E-state index contributed by atoms with van der Waals surface area (Å²) in [4.78, 5) is 0. The number of nitriles is 1. The van der Waals surface area contributed by atoms with Gasteiger partial charge < -0.3 is 10.5 Å². The minimum Gasteiger partial charge on any atom is -0.454 e. The molecule has 2 rings (SSSR count). The summed E-state index contributed by atoms with van der Waals surface area (Å²) in [6, 6.07) is 9.27. The van der Waals surface area contributed by atoms with E-state index in [4.69, 9.17) is 15.7 Å². The Kier molecular flexibility index (Phi) is 3.97. The molecular formula is C15H12F2N2O. The van der Waals surface area contributed by atoms with E-state index in [1.54, 1.807) is 6.92 Å². The number of hydrogen-bond donors (Lipinski definition) is 1. The number of benzene rings is 2.